The Labute approximate surface area is 181 Å². The van der Waals surface area contributed by atoms with Crippen molar-refractivity contribution >= 4 is 56.2 Å². The average Bonchev–Trinajstić information content (AvgIpc) is 3.34. The van der Waals surface area contributed by atoms with E-state index in [0.29, 0.717) is 35.2 Å². The highest BCUT2D eigenvalue weighted by Crippen LogP contribution is 2.27. The van der Waals surface area contributed by atoms with Gasteiger partial charge in [0.15, 0.2) is 0 Å². The fraction of sp³-hybridized carbons (Fsp3) is 0.190. The Morgan fingerprint density at radius 1 is 1.07 bits per heavy atom. The third-order valence-corrected chi connectivity index (χ3v) is 5.59. The minimum Gasteiger partial charge on any atom is -0.351 e. The Bertz CT molecular complexity index is 1140. The summed E-state index contributed by atoms with van der Waals surface area (Å²) < 4.78 is 2.14. The Balaban J connectivity index is 1.52. The number of hydrogen-bond acceptors (Lipinski definition) is 3. The number of para-hydroxylation sites is 1. The summed E-state index contributed by atoms with van der Waals surface area (Å²) in [6, 6.07) is 12.8. The lowest BCUT2D eigenvalue weighted by molar-refractivity contribution is -0.119. The number of carbonyl (C=O) groups excluding carboxylic acids is 3. The first kappa shape index (κ1) is 20.0. The number of fused-ring (bicyclic) bond motifs is 1. The maximum Gasteiger partial charge on any atom is 0.323 e. The summed E-state index contributed by atoms with van der Waals surface area (Å²) in [5.74, 6) is -0.236. The van der Waals surface area contributed by atoms with E-state index in [2.05, 4.69) is 26.6 Å². The molecule has 1 aliphatic rings. The van der Waals surface area contributed by atoms with Gasteiger partial charge in [-0.2, -0.15) is 0 Å². The van der Waals surface area contributed by atoms with Crippen LogP contribution < -0.4 is 16.4 Å². The third kappa shape index (κ3) is 3.88. The lowest BCUT2D eigenvalue weighted by atomic mass is 10.2. The summed E-state index contributed by atoms with van der Waals surface area (Å²) >= 11 is 3.38. The predicted octanol–water partition coefficient (Wildman–Crippen LogP) is 3.97. The van der Waals surface area contributed by atoms with Gasteiger partial charge in [0.1, 0.15) is 6.04 Å². The molecule has 8 nitrogen and oxygen atoms in total. The number of urea groups is 1. The van der Waals surface area contributed by atoms with Crippen molar-refractivity contribution in [2.24, 2.45) is 5.73 Å². The first-order chi connectivity index (χ1) is 14.4. The minimum atomic E-state index is -0.640. The van der Waals surface area contributed by atoms with E-state index in [-0.39, 0.29) is 5.91 Å². The van der Waals surface area contributed by atoms with Crippen LogP contribution in [0.15, 0.2) is 59.2 Å². The van der Waals surface area contributed by atoms with Crippen molar-refractivity contribution in [2.75, 3.05) is 17.2 Å². The molecule has 4 N–H and O–H groups in total. The monoisotopic (exact) mass is 469 g/mol. The van der Waals surface area contributed by atoms with E-state index in [0.717, 1.165) is 10.9 Å². The van der Waals surface area contributed by atoms with Crippen molar-refractivity contribution in [3.05, 3.63) is 59.2 Å². The molecule has 4 rings (SSSR count). The number of halogens is 1. The van der Waals surface area contributed by atoms with E-state index >= 15 is 0 Å². The number of anilines is 2. The number of amides is 4. The van der Waals surface area contributed by atoms with E-state index < -0.39 is 18.1 Å². The summed E-state index contributed by atoms with van der Waals surface area (Å²) in [5, 5.41) is 6.39. The molecule has 1 saturated heterocycles. The molecule has 0 radical (unpaired) electrons. The van der Waals surface area contributed by atoms with Gasteiger partial charge in [-0.25, -0.2) is 9.59 Å². The van der Waals surface area contributed by atoms with Gasteiger partial charge in [-0.05, 0) is 37.1 Å². The molecule has 1 aliphatic heterocycles. The summed E-state index contributed by atoms with van der Waals surface area (Å²) in [6.07, 6.45) is 2.81. The largest absolute Gasteiger partial charge is 0.351 e. The molecule has 0 bridgehead atoms. The Morgan fingerprint density at radius 3 is 2.63 bits per heavy atom. The molecule has 2 aromatic carbocycles. The molecule has 4 amide bonds. The van der Waals surface area contributed by atoms with Crippen LogP contribution in [0.5, 0.6) is 0 Å². The number of benzene rings is 2. The molecule has 30 heavy (non-hydrogen) atoms. The highest BCUT2D eigenvalue weighted by Gasteiger charge is 2.34. The summed E-state index contributed by atoms with van der Waals surface area (Å²) in [7, 11) is 0. The van der Waals surface area contributed by atoms with Gasteiger partial charge in [-0.15, -0.1) is 0 Å². The number of nitrogens with zero attached hydrogens (tertiary/aromatic N) is 2. The third-order valence-electron chi connectivity index (χ3n) is 5.10. The molecular weight excluding hydrogens is 450 g/mol. The van der Waals surface area contributed by atoms with E-state index in [4.69, 9.17) is 5.73 Å². The lowest BCUT2D eigenvalue weighted by Crippen LogP contribution is -2.45. The maximum atomic E-state index is 13.0. The zero-order chi connectivity index (χ0) is 21.3. The standard InChI is InChI=1S/C21H20BrN5O3/c22-13-5-3-6-14(11-13)24-19(28)18-9-4-10-26(18)21(30)25-16-12-27(20(23)29)17-8-2-1-7-15(16)17/h1-3,5-8,11-12,18H,4,9-10H2,(H2,23,29)(H,24,28)(H,25,30)/t18-/m0/s1. The SMILES string of the molecule is NC(=O)n1cc(NC(=O)N2CCC[C@H]2C(=O)Nc2cccc(Br)c2)c2ccccc21. The highest BCUT2D eigenvalue weighted by atomic mass is 79.9. The lowest BCUT2D eigenvalue weighted by Gasteiger charge is -2.24. The number of nitrogens with one attached hydrogen (secondary N) is 2. The Hall–Kier alpha value is -3.33. The van der Waals surface area contributed by atoms with Gasteiger partial charge < -0.3 is 21.3 Å². The van der Waals surface area contributed by atoms with E-state index in [1.165, 1.54) is 15.7 Å². The van der Waals surface area contributed by atoms with Gasteiger partial charge in [0.2, 0.25) is 5.91 Å². The second-order valence-corrected chi connectivity index (χ2v) is 7.97. The van der Waals surface area contributed by atoms with Gasteiger partial charge in [0, 0.05) is 28.3 Å². The molecule has 1 aromatic heterocycles. The number of aromatic nitrogens is 1. The molecular formula is C21H20BrN5O3. The molecule has 9 heteroatoms. The number of nitrogens with two attached hydrogens (primary N) is 1. The number of rotatable bonds is 3. The molecule has 1 fully saturated rings. The first-order valence-corrected chi connectivity index (χ1v) is 10.3. The molecule has 0 aliphatic carbocycles. The van der Waals surface area contributed by atoms with Crippen LogP contribution >= 0.6 is 15.9 Å². The summed E-state index contributed by atoms with van der Waals surface area (Å²) in [5.41, 5.74) is 7.16. The topological polar surface area (TPSA) is 109 Å². The first-order valence-electron chi connectivity index (χ1n) is 9.48. The quantitative estimate of drug-likeness (QED) is 0.539. The van der Waals surface area contributed by atoms with Crippen LogP contribution in [0.4, 0.5) is 21.0 Å². The van der Waals surface area contributed by atoms with Gasteiger partial charge in [-0.3, -0.25) is 9.36 Å². The van der Waals surface area contributed by atoms with Crippen LogP contribution in [0, 0.1) is 0 Å². The molecule has 1 atom stereocenters. The molecule has 0 unspecified atom stereocenters. The van der Waals surface area contributed by atoms with E-state index in [1.54, 1.807) is 30.3 Å². The molecule has 2 heterocycles. The highest BCUT2D eigenvalue weighted by molar-refractivity contribution is 9.10. The Kier molecular flexibility index (Phi) is 5.45. The maximum absolute atomic E-state index is 13.0. The minimum absolute atomic E-state index is 0.236. The van der Waals surface area contributed by atoms with Crippen molar-refractivity contribution in [2.45, 2.75) is 18.9 Å². The number of hydrogen-bond donors (Lipinski definition) is 3. The molecule has 0 saturated carbocycles. The van der Waals surface area contributed by atoms with Crippen molar-refractivity contribution < 1.29 is 14.4 Å². The van der Waals surface area contributed by atoms with Gasteiger partial charge >= 0.3 is 12.1 Å². The van der Waals surface area contributed by atoms with Crippen LogP contribution in [0.25, 0.3) is 10.9 Å². The fourth-order valence-electron chi connectivity index (χ4n) is 3.72. The van der Waals surface area contributed by atoms with Crippen molar-refractivity contribution in [1.82, 2.24) is 9.47 Å². The fourth-order valence-corrected chi connectivity index (χ4v) is 4.12. The Morgan fingerprint density at radius 2 is 1.87 bits per heavy atom. The number of likely N-dealkylation sites (tertiary alicyclic amines) is 1. The second-order valence-electron chi connectivity index (χ2n) is 7.05. The number of primary amides is 1. The van der Waals surface area contributed by atoms with Gasteiger partial charge in [0.05, 0.1) is 11.2 Å². The molecule has 154 valence electrons. The van der Waals surface area contributed by atoms with Crippen LogP contribution in [0.3, 0.4) is 0 Å². The zero-order valence-corrected chi connectivity index (χ0v) is 17.6. The summed E-state index contributed by atoms with van der Waals surface area (Å²) in [6.45, 7) is 0.469. The van der Waals surface area contributed by atoms with Crippen molar-refractivity contribution in [1.29, 1.82) is 0 Å². The van der Waals surface area contributed by atoms with Gasteiger partial charge in [0.25, 0.3) is 0 Å². The van der Waals surface area contributed by atoms with Gasteiger partial charge in [-0.1, -0.05) is 40.2 Å². The van der Waals surface area contributed by atoms with Crippen LogP contribution in [0.2, 0.25) is 0 Å². The number of carbonyl (C=O) groups is 3. The van der Waals surface area contributed by atoms with Crippen LogP contribution in [-0.4, -0.2) is 40.0 Å². The van der Waals surface area contributed by atoms with E-state index in [9.17, 15) is 14.4 Å². The van der Waals surface area contributed by atoms with Crippen LogP contribution in [-0.2, 0) is 4.79 Å². The van der Waals surface area contributed by atoms with Crippen LogP contribution in [0.1, 0.15) is 12.8 Å². The normalized spacial score (nSPS) is 15.9. The predicted molar refractivity (Wildman–Crippen MR) is 118 cm³/mol. The zero-order valence-electron chi connectivity index (χ0n) is 16.0. The smallest absolute Gasteiger partial charge is 0.323 e. The van der Waals surface area contributed by atoms with Crippen molar-refractivity contribution in [3.63, 3.8) is 0 Å². The van der Waals surface area contributed by atoms with E-state index in [1.807, 2.05) is 18.2 Å². The molecule has 3 aromatic rings. The van der Waals surface area contributed by atoms with Crippen molar-refractivity contribution in [3.8, 4) is 0 Å². The molecule has 0 spiro atoms. The average molecular weight is 470 g/mol. The summed E-state index contributed by atoms with van der Waals surface area (Å²) in [4.78, 5) is 39.0. The second kappa shape index (κ2) is 8.19.